The molecule has 0 bridgehead atoms. The highest BCUT2D eigenvalue weighted by atomic mass is 35.5. The van der Waals surface area contributed by atoms with Gasteiger partial charge < -0.3 is 9.09 Å². The number of nitrogens with zero attached hydrogens (tertiary/aromatic N) is 3. The summed E-state index contributed by atoms with van der Waals surface area (Å²) in [6, 6.07) is 4.89. The average Bonchev–Trinajstić information content (AvgIpc) is 3.09. The van der Waals surface area contributed by atoms with Crippen molar-refractivity contribution >= 4 is 50.7 Å². The number of carbonyl (C=O) groups is 1. The van der Waals surface area contributed by atoms with Crippen LogP contribution in [0, 0.1) is 19.3 Å². The molecule has 5 nitrogen and oxygen atoms in total. The standard InChI is InChI=1S/C15H9Cl2N3O2S/c1-3-6-20-12-9(16)4-5-10(17)13(12)23-15(20)18-14(21)11-7-8(2)22-19-11/h1,4-5,7H,6H2,2H3. The summed E-state index contributed by atoms with van der Waals surface area (Å²) in [6.45, 7) is 1.91. The number of hydrogen-bond acceptors (Lipinski definition) is 4. The van der Waals surface area contributed by atoms with E-state index in [1.807, 2.05) is 0 Å². The van der Waals surface area contributed by atoms with E-state index >= 15 is 0 Å². The monoisotopic (exact) mass is 365 g/mol. The minimum atomic E-state index is -0.522. The van der Waals surface area contributed by atoms with Crippen LogP contribution in [0.5, 0.6) is 0 Å². The number of amides is 1. The number of halogens is 2. The summed E-state index contributed by atoms with van der Waals surface area (Å²) in [6.07, 6.45) is 5.42. The van der Waals surface area contributed by atoms with Crippen molar-refractivity contribution < 1.29 is 9.32 Å². The van der Waals surface area contributed by atoms with Gasteiger partial charge in [-0.25, -0.2) is 0 Å². The van der Waals surface area contributed by atoms with Gasteiger partial charge in [0.2, 0.25) is 0 Å². The molecule has 1 amide bonds. The molecular weight excluding hydrogens is 357 g/mol. The minimum absolute atomic E-state index is 0.129. The van der Waals surface area contributed by atoms with E-state index in [0.29, 0.717) is 26.1 Å². The minimum Gasteiger partial charge on any atom is -0.361 e. The Morgan fingerprint density at radius 1 is 1.48 bits per heavy atom. The summed E-state index contributed by atoms with van der Waals surface area (Å²) < 4.78 is 7.29. The Morgan fingerprint density at radius 2 is 2.22 bits per heavy atom. The van der Waals surface area contributed by atoms with E-state index in [-0.39, 0.29) is 12.2 Å². The number of aryl methyl sites for hydroxylation is 1. The fraction of sp³-hybridized carbons (Fsp3) is 0.133. The molecule has 0 radical (unpaired) electrons. The molecule has 0 unspecified atom stereocenters. The number of hydrogen-bond donors (Lipinski definition) is 0. The van der Waals surface area contributed by atoms with Crippen molar-refractivity contribution in [1.82, 2.24) is 9.72 Å². The van der Waals surface area contributed by atoms with Gasteiger partial charge in [-0.15, -0.1) is 6.42 Å². The summed E-state index contributed by atoms with van der Waals surface area (Å²) in [5.41, 5.74) is 0.786. The highest BCUT2D eigenvalue weighted by molar-refractivity contribution is 7.17. The maximum absolute atomic E-state index is 12.2. The lowest BCUT2D eigenvalue weighted by Gasteiger charge is -2.02. The second-order valence-electron chi connectivity index (χ2n) is 4.62. The molecule has 2 aromatic heterocycles. The highest BCUT2D eigenvalue weighted by Gasteiger charge is 2.15. The predicted molar refractivity (Wildman–Crippen MR) is 89.8 cm³/mol. The lowest BCUT2D eigenvalue weighted by atomic mass is 10.3. The lowest BCUT2D eigenvalue weighted by Crippen LogP contribution is -2.16. The third-order valence-electron chi connectivity index (χ3n) is 3.02. The van der Waals surface area contributed by atoms with Crippen molar-refractivity contribution in [3.05, 3.63) is 44.5 Å². The maximum atomic E-state index is 12.2. The van der Waals surface area contributed by atoms with Crippen molar-refractivity contribution in [2.45, 2.75) is 13.5 Å². The second kappa shape index (κ2) is 6.20. The van der Waals surface area contributed by atoms with Gasteiger partial charge in [-0.3, -0.25) is 4.79 Å². The van der Waals surface area contributed by atoms with Gasteiger partial charge in [-0.1, -0.05) is 45.6 Å². The van der Waals surface area contributed by atoms with E-state index < -0.39 is 5.91 Å². The molecule has 0 aliphatic carbocycles. The first-order valence-corrected chi connectivity index (χ1v) is 8.01. The van der Waals surface area contributed by atoms with Crippen LogP contribution in [0.2, 0.25) is 10.0 Å². The average molecular weight is 366 g/mol. The summed E-state index contributed by atoms with van der Waals surface area (Å²) in [5.74, 6) is 2.54. The van der Waals surface area contributed by atoms with Gasteiger partial charge in [0.1, 0.15) is 5.76 Å². The first kappa shape index (κ1) is 15.8. The van der Waals surface area contributed by atoms with Crippen molar-refractivity contribution in [2.24, 2.45) is 4.99 Å². The van der Waals surface area contributed by atoms with Gasteiger partial charge in [0.15, 0.2) is 10.5 Å². The van der Waals surface area contributed by atoms with Gasteiger partial charge in [0.25, 0.3) is 0 Å². The number of benzene rings is 1. The molecule has 8 heteroatoms. The van der Waals surface area contributed by atoms with Crippen molar-refractivity contribution in [1.29, 1.82) is 0 Å². The number of carbonyl (C=O) groups excluding carboxylic acids is 1. The number of aromatic nitrogens is 2. The van der Waals surface area contributed by atoms with Gasteiger partial charge in [-0.2, -0.15) is 4.99 Å². The van der Waals surface area contributed by atoms with Crippen LogP contribution in [0.1, 0.15) is 16.2 Å². The zero-order chi connectivity index (χ0) is 16.6. The fourth-order valence-corrected chi connectivity index (χ4v) is 3.69. The van der Waals surface area contributed by atoms with E-state index in [4.69, 9.17) is 34.1 Å². The van der Waals surface area contributed by atoms with Gasteiger partial charge in [-0.05, 0) is 19.1 Å². The third kappa shape index (κ3) is 2.91. The van der Waals surface area contributed by atoms with Crippen LogP contribution < -0.4 is 4.80 Å². The van der Waals surface area contributed by atoms with Crippen molar-refractivity contribution in [3.63, 3.8) is 0 Å². The third-order valence-corrected chi connectivity index (χ3v) is 4.87. The number of terminal acetylenes is 1. The van der Waals surface area contributed by atoms with Crippen molar-refractivity contribution in [3.8, 4) is 12.3 Å². The summed E-state index contributed by atoms with van der Waals surface area (Å²) in [5, 5.41) is 4.67. The Labute approximate surface area is 145 Å². The van der Waals surface area contributed by atoms with E-state index in [0.717, 1.165) is 4.70 Å². The normalized spacial score (nSPS) is 11.8. The van der Waals surface area contributed by atoms with Crippen LogP contribution in [0.4, 0.5) is 0 Å². The van der Waals surface area contributed by atoms with E-state index in [9.17, 15) is 4.79 Å². The summed E-state index contributed by atoms with van der Waals surface area (Å²) in [4.78, 5) is 16.7. The van der Waals surface area contributed by atoms with Crippen molar-refractivity contribution in [2.75, 3.05) is 0 Å². The molecule has 0 spiro atoms. The van der Waals surface area contributed by atoms with Gasteiger partial charge in [0.05, 0.1) is 26.8 Å². The molecule has 3 rings (SSSR count). The molecule has 0 aliphatic heterocycles. The highest BCUT2D eigenvalue weighted by Crippen LogP contribution is 2.31. The Kier molecular flexibility index (Phi) is 4.26. The summed E-state index contributed by atoms with van der Waals surface area (Å²) >= 11 is 13.7. The van der Waals surface area contributed by atoms with Gasteiger partial charge >= 0.3 is 5.91 Å². The molecule has 23 heavy (non-hydrogen) atoms. The first-order chi connectivity index (χ1) is 11.0. The molecule has 0 N–H and O–H groups in total. The molecule has 0 atom stereocenters. The van der Waals surface area contributed by atoms with Crippen LogP contribution in [0.25, 0.3) is 10.2 Å². The zero-order valence-electron chi connectivity index (χ0n) is 11.8. The Bertz CT molecular complexity index is 1020. The summed E-state index contributed by atoms with van der Waals surface area (Å²) in [7, 11) is 0. The zero-order valence-corrected chi connectivity index (χ0v) is 14.2. The molecule has 0 fully saturated rings. The number of rotatable bonds is 2. The largest absolute Gasteiger partial charge is 0.361 e. The molecule has 3 aromatic rings. The SMILES string of the molecule is C#CCn1c(=NC(=O)c2cc(C)on2)sc2c(Cl)ccc(Cl)c21. The molecule has 0 saturated heterocycles. The molecule has 116 valence electrons. The Balaban J connectivity index is 2.25. The maximum Gasteiger partial charge on any atom is 0.301 e. The fourth-order valence-electron chi connectivity index (χ4n) is 2.05. The topological polar surface area (TPSA) is 60.4 Å². The van der Waals surface area contributed by atoms with E-state index in [1.54, 1.807) is 23.6 Å². The molecule has 2 heterocycles. The van der Waals surface area contributed by atoms with E-state index in [2.05, 4.69) is 16.1 Å². The lowest BCUT2D eigenvalue weighted by molar-refractivity contribution is 0.0989. The van der Waals surface area contributed by atoms with Crippen LogP contribution >= 0.6 is 34.5 Å². The Morgan fingerprint density at radius 3 is 2.87 bits per heavy atom. The van der Waals surface area contributed by atoms with E-state index in [1.165, 1.54) is 17.4 Å². The van der Waals surface area contributed by atoms with Crippen LogP contribution in [-0.2, 0) is 6.54 Å². The van der Waals surface area contributed by atoms with Crippen LogP contribution in [0.15, 0.2) is 27.7 Å². The Hall–Kier alpha value is -2.07. The molecule has 1 aromatic carbocycles. The number of fused-ring (bicyclic) bond motifs is 1. The first-order valence-electron chi connectivity index (χ1n) is 6.44. The smallest absolute Gasteiger partial charge is 0.301 e. The molecule has 0 aliphatic rings. The number of thiazole rings is 1. The molecule has 0 saturated carbocycles. The second-order valence-corrected chi connectivity index (χ2v) is 6.41. The van der Waals surface area contributed by atoms with Crippen LogP contribution in [-0.4, -0.2) is 15.6 Å². The van der Waals surface area contributed by atoms with Gasteiger partial charge in [0, 0.05) is 6.07 Å². The molecular formula is C15H9Cl2N3O2S. The quantitative estimate of drug-likeness (QED) is 0.650. The van der Waals surface area contributed by atoms with Crippen LogP contribution in [0.3, 0.4) is 0 Å². The predicted octanol–water partition coefficient (Wildman–Crippen LogP) is 3.68.